The van der Waals surface area contributed by atoms with Gasteiger partial charge in [-0.3, -0.25) is 0 Å². The van der Waals surface area contributed by atoms with Crippen LogP contribution in [0.25, 0.3) is 100 Å². The van der Waals surface area contributed by atoms with Crippen LogP contribution in [0.4, 0.5) is 34.1 Å². The van der Waals surface area contributed by atoms with Crippen LogP contribution in [0.5, 0.6) is 0 Å². The van der Waals surface area contributed by atoms with Gasteiger partial charge < -0.3 is 9.80 Å². The van der Waals surface area contributed by atoms with Crippen LogP contribution in [0, 0.1) is 0 Å². The monoisotopic (exact) mass is 1330 g/mol. The highest BCUT2D eigenvalue weighted by atomic mass is 79.9. The second-order valence-electron chi connectivity index (χ2n) is 23.3. The Bertz CT molecular complexity index is 4620. The largest absolute Gasteiger partial charge is 0.310 e. The number of rotatable bonds is 11. The minimum Gasteiger partial charge on any atom is -0.310 e. The summed E-state index contributed by atoms with van der Waals surface area (Å²) < 4.78 is 1.91. The van der Waals surface area contributed by atoms with Crippen LogP contribution in [0.2, 0.25) is 10.0 Å². The lowest BCUT2D eigenvalue weighted by Crippen LogP contribution is -2.61. The molecule has 0 unspecified atom stereocenters. The van der Waals surface area contributed by atoms with Gasteiger partial charge in [0.15, 0.2) is 0 Å². The van der Waals surface area contributed by atoms with Gasteiger partial charge in [0, 0.05) is 64.0 Å². The van der Waals surface area contributed by atoms with Crippen molar-refractivity contribution < 1.29 is 0 Å². The van der Waals surface area contributed by atoms with Gasteiger partial charge in [-0.15, -0.1) is 0 Å². The Morgan fingerprint density at radius 2 is 0.495 bits per heavy atom. The molecule has 0 fully saturated rings. The van der Waals surface area contributed by atoms with Gasteiger partial charge in [0.05, 0.1) is 11.4 Å². The number of benzene rings is 14. The van der Waals surface area contributed by atoms with Crippen molar-refractivity contribution in [2.75, 3.05) is 9.80 Å². The van der Waals surface area contributed by atoms with Crippen molar-refractivity contribution in [2.45, 2.75) is 0 Å². The van der Waals surface area contributed by atoms with E-state index >= 15 is 0 Å². The molecule has 0 bridgehead atoms. The van der Waals surface area contributed by atoms with E-state index in [2.05, 4.69) is 363 Å². The van der Waals surface area contributed by atoms with Gasteiger partial charge in [-0.2, -0.15) is 0 Å². The molecule has 7 heteroatoms. The number of anilines is 6. The molecule has 2 nitrogen and oxygen atoms in total. The van der Waals surface area contributed by atoms with E-state index in [4.69, 9.17) is 23.2 Å². The number of nitrogens with zero attached hydrogens (tertiary/aromatic N) is 2. The fourth-order valence-corrected chi connectivity index (χ4v) is 15.0. The van der Waals surface area contributed by atoms with Crippen LogP contribution in [0.1, 0.15) is 0 Å². The summed E-state index contributed by atoms with van der Waals surface area (Å²) in [6, 6.07) is 116. The van der Waals surface area contributed by atoms with E-state index in [1.54, 1.807) is 0 Å². The molecule has 2 aliphatic rings. The van der Waals surface area contributed by atoms with E-state index in [1.807, 2.05) is 0 Å². The Morgan fingerprint density at radius 1 is 0.231 bits per heavy atom. The van der Waals surface area contributed by atoms with Crippen molar-refractivity contribution in [3.05, 3.63) is 341 Å². The molecular formula is C84H53BBr2Cl2N2. The molecule has 2 heterocycles. The van der Waals surface area contributed by atoms with Crippen LogP contribution in [-0.2, 0) is 0 Å². The summed E-state index contributed by atoms with van der Waals surface area (Å²) in [5.41, 5.74) is 29.1. The van der Waals surface area contributed by atoms with E-state index in [1.165, 1.54) is 0 Å². The maximum atomic E-state index is 7.46. The SMILES string of the molecule is Clc1ccc2c(c1)N(c1c(-c3cccc(-c4ccccc4)c3)cc(Br)cc1-c1cccc(-c3ccccc3)c1)c1cc(-c3ccccc3)cc3c1B2c1ccc(Cl)cc1N3c1c(-c2cccc(-c3ccccc3)c2)cc(Br)cc1-c1cccc(-c2ccccc2)c1. The maximum Gasteiger partial charge on any atom is 0.252 e. The zero-order valence-electron chi connectivity index (χ0n) is 49.1. The van der Waals surface area contributed by atoms with Crippen molar-refractivity contribution in [3.8, 4) is 100 Å². The summed E-state index contributed by atoms with van der Waals surface area (Å²) in [7, 11) is 0. The molecule has 0 saturated heterocycles. The first-order valence-electron chi connectivity index (χ1n) is 30.5. The minimum atomic E-state index is -0.266. The molecular weight excluding hydrogens is 1280 g/mol. The average Bonchev–Trinajstić information content (AvgIpc) is 0.695. The molecule has 14 aromatic rings. The van der Waals surface area contributed by atoms with Gasteiger partial charge in [0.2, 0.25) is 0 Å². The lowest BCUT2D eigenvalue weighted by molar-refractivity contribution is 1.25. The highest BCUT2D eigenvalue weighted by Crippen LogP contribution is 2.55. The molecule has 0 saturated carbocycles. The van der Waals surface area contributed by atoms with Crippen molar-refractivity contribution >= 4 is 112 Å². The zero-order chi connectivity index (χ0) is 61.1. The molecule has 0 atom stereocenters. The summed E-state index contributed by atoms with van der Waals surface area (Å²) in [6.45, 7) is -0.266. The molecule has 14 aromatic carbocycles. The topological polar surface area (TPSA) is 6.48 Å². The third kappa shape index (κ3) is 10.5. The van der Waals surface area contributed by atoms with Crippen molar-refractivity contribution in [2.24, 2.45) is 0 Å². The first-order valence-corrected chi connectivity index (χ1v) is 32.8. The van der Waals surface area contributed by atoms with Crippen LogP contribution < -0.4 is 26.2 Å². The van der Waals surface area contributed by atoms with Crippen molar-refractivity contribution in [1.29, 1.82) is 0 Å². The average molecular weight is 1330 g/mol. The smallest absolute Gasteiger partial charge is 0.252 e. The van der Waals surface area contributed by atoms with Crippen LogP contribution in [-0.4, -0.2) is 6.71 Å². The Kier molecular flexibility index (Phi) is 14.8. The quantitative estimate of drug-likeness (QED) is 0.119. The highest BCUT2D eigenvalue weighted by Gasteiger charge is 2.45. The van der Waals surface area contributed by atoms with E-state index in [-0.39, 0.29) is 6.71 Å². The second-order valence-corrected chi connectivity index (χ2v) is 26.0. The van der Waals surface area contributed by atoms with Gasteiger partial charge in [-0.25, -0.2) is 0 Å². The molecule has 0 amide bonds. The van der Waals surface area contributed by atoms with Gasteiger partial charge in [0.1, 0.15) is 0 Å². The lowest BCUT2D eigenvalue weighted by atomic mass is 9.33. The van der Waals surface area contributed by atoms with Crippen molar-refractivity contribution in [1.82, 2.24) is 0 Å². The number of hydrogen-bond acceptors (Lipinski definition) is 2. The molecule has 0 radical (unpaired) electrons. The fraction of sp³-hybridized carbons (Fsp3) is 0. The first kappa shape index (κ1) is 56.5. The summed E-state index contributed by atoms with van der Waals surface area (Å²) in [4.78, 5) is 5.08. The number of fused-ring (bicyclic) bond motifs is 4. The van der Waals surface area contributed by atoms with Crippen LogP contribution in [0.15, 0.2) is 330 Å². The van der Waals surface area contributed by atoms with Crippen molar-refractivity contribution in [3.63, 3.8) is 0 Å². The zero-order valence-corrected chi connectivity index (χ0v) is 53.8. The first-order chi connectivity index (χ1) is 44.8. The van der Waals surface area contributed by atoms with E-state index in [0.29, 0.717) is 10.0 Å². The molecule has 0 N–H and O–H groups in total. The summed E-state index contributed by atoms with van der Waals surface area (Å²) >= 11 is 23.2. The minimum absolute atomic E-state index is 0.266. The molecule has 16 rings (SSSR count). The lowest BCUT2D eigenvalue weighted by Gasteiger charge is -2.46. The standard InChI is InChI=1S/C84H53BBr2Cl2N2/c86-68-48-72(63-34-16-30-59(42-63)54-20-6-1-7-21-54)83(73(49-68)64-35-17-31-60(43-64)55-22-8-2-9-23-55)90-78-52-70(88)38-40-76(78)85-77-41-39-71(89)53-79(77)91(81-47-67(46-80(90)82(81)85)58-28-14-5-15-29-58)84-74(65-36-18-32-61(44-65)56-24-10-3-11-25-56)50-69(87)51-75(84)66-37-19-33-62(45-66)57-26-12-4-13-27-57/h1-53H. The van der Waals surface area contributed by atoms with E-state index < -0.39 is 0 Å². The molecule has 0 aromatic heterocycles. The predicted molar refractivity (Wildman–Crippen MR) is 395 cm³/mol. The van der Waals surface area contributed by atoms with Crippen LogP contribution >= 0.6 is 55.1 Å². The summed E-state index contributed by atoms with van der Waals surface area (Å²) in [5, 5.41) is 1.27. The molecule has 430 valence electrons. The second kappa shape index (κ2) is 23.9. The normalized spacial score (nSPS) is 12.1. The Hall–Kier alpha value is -9.72. The van der Waals surface area contributed by atoms with Crippen LogP contribution in [0.3, 0.4) is 0 Å². The van der Waals surface area contributed by atoms with Gasteiger partial charge in [-0.05, 0) is 179 Å². The van der Waals surface area contributed by atoms with E-state index in [0.717, 1.165) is 160 Å². The Labute approximate surface area is 558 Å². The summed E-state index contributed by atoms with van der Waals surface area (Å²) in [5.74, 6) is 0. The summed E-state index contributed by atoms with van der Waals surface area (Å²) in [6.07, 6.45) is 0. The highest BCUT2D eigenvalue weighted by molar-refractivity contribution is 9.10. The molecule has 0 spiro atoms. The van der Waals surface area contributed by atoms with Gasteiger partial charge in [0.25, 0.3) is 6.71 Å². The predicted octanol–water partition coefficient (Wildman–Crippen LogP) is 23.6. The fourth-order valence-electron chi connectivity index (χ4n) is 13.8. The molecule has 2 aliphatic heterocycles. The molecule has 91 heavy (non-hydrogen) atoms. The van der Waals surface area contributed by atoms with Gasteiger partial charge in [-0.1, -0.05) is 292 Å². The Morgan fingerprint density at radius 3 is 0.791 bits per heavy atom. The molecule has 0 aliphatic carbocycles. The third-order valence-electron chi connectivity index (χ3n) is 17.8. The number of halogens is 4. The third-order valence-corrected chi connectivity index (χ3v) is 19.2. The van der Waals surface area contributed by atoms with Gasteiger partial charge >= 0.3 is 0 Å². The maximum absolute atomic E-state index is 7.46. The van der Waals surface area contributed by atoms with E-state index in [9.17, 15) is 0 Å². The number of hydrogen-bond donors (Lipinski definition) is 0. The Balaban J connectivity index is 1.04.